The average molecular weight is 213 g/mol. The van der Waals surface area contributed by atoms with Gasteiger partial charge in [0.15, 0.2) is 0 Å². The molecular weight excluding hydrogens is 194 g/mol. The Balaban J connectivity index is 3.43. The zero-order valence-electron chi connectivity index (χ0n) is 9.69. The zero-order chi connectivity index (χ0) is 11.7. The first-order chi connectivity index (χ1) is 7.06. The molecule has 0 saturated carbocycles. The van der Waals surface area contributed by atoms with Crippen LogP contribution < -0.4 is 0 Å². The number of esters is 1. The molecule has 0 bridgehead atoms. The minimum atomic E-state index is -0.446. The maximum Gasteiger partial charge on any atom is 0.320 e. The lowest BCUT2D eigenvalue weighted by atomic mass is 10.5. The Morgan fingerprint density at radius 2 is 1.93 bits per heavy atom. The number of nitrogens with zero attached hydrogens (tertiary/aromatic N) is 3. The molecule has 0 saturated heterocycles. The van der Waals surface area contributed by atoms with Gasteiger partial charge in [0.25, 0.3) is 0 Å². The topological polar surface area (TPSA) is 56.6 Å². The minimum Gasteiger partial charge on any atom is -0.464 e. The molecule has 0 aromatic heterocycles. The van der Waals surface area contributed by atoms with E-state index in [-0.39, 0.29) is 6.42 Å². The Morgan fingerprint density at radius 3 is 2.47 bits per heavy atom. The van der Waals surface area contributed by atoms with Gasteiger partial charge < -0.3 is 14.5 Å². The van der Waals surface area contributed by atoms with Crippen molar-refractivity contribution in [2.45, 2.75) is 6.42 Å². The van der Waals surface area contributed by atoms with Crippen molar-refractivity contribution in [1.82, 2.24) is 9.80 Å². The van der Waals surface area contributed by atoms with Crippen molar-refractivity contribution in [3.05, 3.63) is 0 Å². The first-order valence-electron chi connectivity index (χ1n) is 4.92. The van der Waals surface area contributed by atoms with Crippen LogP contribution in [-0.2, 0) is 9.53 Å². The maximum absolute atomic E-state index is 10.8. The molecule has 15 heavy (non-hydrogen) atoms. The van der Waals surface area contributed by atoms with Crippen molar-refractivity contribution in [3.8, 4) is 6.07 Å². The highest BCUT2D eigenvalue weighted by molar-refractivity contribution is 5.71. The summed E-state index contributed by atoms with van der Waals surface area (Å²) in [4.78, 5) is 15.0. The van der Waals surface area contributed by atoms with E-state index < -0.39 is 5.97 Å². The Hall–Kier alpha value is -1.12. The third-order valence-corrected chi connectivity index (χ3v) is 1.89. The van der Waals surface area contributed by atoms with Crippen molar-refractivity contribution in [3.63, 3.8) is 0 Å². The van der Waals surface area contributed by atoms with Gasteiger partial charge >= 0.3 is 5.97 Å². The molecule has 0 fully saturated rings. The molecule has 0 heterocycles. The van der Waals surface area contributed by atoms with Crippen molar-refractivity contribution >= 4 is 5.97 Å². The second kappa shape index (κ2) is 8.21. The summed E-state index contributed by atoms with van der Waals surface area (Å²) in [7, 11) is 6.00. The summed E-state index contributed by atoms with van der Waals surface area (Å²) in [5.74, 6) is -0.446. The number of hydrogen-bond acceptors (Lipinski definition) is 5. The van der Waals surface area contributed by atoms with Gasteiger partial charge in [-0.1, -0.05) is 0 Å². The Labute approximate surface area is 91.2 Å². The van der Waals surface area contributed by atoms with Crippen LogP contribution in [0.15, 0.2) is 0 Å². The van der Waals surface area contributed by atoms with Crippen LogP contribution in [0.25, 0.3) is 0 Å². The van der Waals surface area contributed by atoms with Crippen LogP contribution in [0.3, 0.4) is 0 Å². The Bertz CT molecular complexity index is 223. The lowest BCUT2D eigenvalue weighted by Gasteiger charge is -2.18. The Kier molecular flexibility index (Phi) is 7.60. The van der Waals surface area contributed by atoms with Crippen LogP contribution in [0.1, 0.15) is 6.42 Å². The fourth-order valence-electron chi connectivity index (χ4n) is 0.913. The molecule has 0 aromatic carbocycles. The number of hydrogen-bond donors (Lipinski definition) is 0. The van der Waals surface area contributed by atoms with Gasteiger partial charge in [0.05, 0.1) is 6.07 Å². The molecule has 0 aromatic rings. The highest BCUT2D eigenvalue weighted by Crippen LogP contribution is 1.88. The number of carbonyl (C=O) groups excluding carboxylic acids is 1. The van der Waals surface area contributed by atoms with Crippen molar-refractivity contribution in [2.75, 3.05) is 47.4 Å². The quantitative estimate of drug-likeness (QED) is 0.554. The number of ether oxygens (including phenoxy) is 1. The Morgan fingerprint density at radius 1 is 1.27 bits per heavy atom. The number of nitriles is 1. The van der Waals surface area contributed by atoms with E-state index >= 15 is 0 Å². The lowest BCUT2D eigenvalue weighted by Crippen LogP contribution is -2.31. The molecule has 0 aliphatic heterocycles. The SMILES string of the molecule is CN(C)CCN(C)CCOC(=O)CC#N. The molecule has 0 atom stereocenters. The van der Waals surface area contributed by atoms with Crippen LogP contribution in [0.5, 0.6) is 0 Å². The molecule has 0 radical (unpaired) electrons. The second-order valence-electron chi connectivity index (χ2n) is 3.66. The molecule has 5 heteroatoms. The minimum absolute atomic E-state index is 0.165. The van der Waals surface area contributed by atoms with Gasteiger partial charge in [-0.25, -0.2) is 0 Å². The molecule has 0 aliphatic carbocycles. The molecule has 0 amide bonds. The summed E-state index contributed by atoms with van der Waals surface area (Å²) in [5.41, 5.74) is 0. The van der Waals surface area contributed by atoms with Crippen LogP contribution >= 0.6 is 0 Å². The second-order valence-corrected chi connectivity index (χ2v) is 3.66. The number of carbonyl (C=O) groups is 1. The molecule has 5 nitrogen and oxygen atoms in total. The van der Waals surface area contributed by atoms with Crippen LogP contribution in [-0.4, -0.2) is 63.2 Å². The lowest BCUT2D eigenvalue weighted by molar-refractivity contribution is -0.142. The van der Waals surface area contributed by atoms with Crippen LogP contribution in [0.4, 0.5) is 0 Å². The molecule has 0 N–H and O–H groups in total. The summed E-state index contributed by atoms with van der Waals surface area (Å²) < 4.78 is 4.84. The summed E-state index contributed by atoms with van der Waals surface area (Å²) in [6, 6.07) is 1.75. The van der Waals surface area contributed by atoms with Gasteiger partial charge in [-0.15, -0.1) is 0 Å². The highest BCUT2D eigenvalue weighted by Gasteiger charge is 2.03. The normalized spacial score (nSPS) is 10.4. The van der Waals surface area contributed by atoms with Crippen molar-refractivity contribution in [2.24, 2.45) is 0 Å². The first-order valence-corrected chi connectivity index (χ1v) is 4.92. The average Bonchev–Trinajstić information content (AvgIpc) is 2.15. The van der Waals surface area contributed by atoms with Gasteiger partial charge in [0, 0.05) is 19.6 Å². The molecule has 86 valence electrons. The van der Waals surface area contributed by atoms with E-state index in [0.29, 0.717) is 13.2 Å². The van der Waals surface area contributed by atoms with Gasteiger partial charge in [-0.3, -0.25) is 4.79 Å². The predicted octanol–water partition coefficient (Wildman–Crippen LogP) is -0.0633. The van der Waals surface area contributed by atoms with E-state index in [2.05, 4.69) is 9.80 Å². The van der Waals surface area contributed by atoms with Gasteiger partial charge in [-0.2, -0.15) is 5.26 Å². The summed E-state index contributed by atoms with van der Waals surface area (Å²) in [6.07, 6.45) is -0.165. The zero-order valence-corrected chi connectivity index (χ0v) is 9.69. The molecule has 0 unspecified atom stereocenters. The number of likely N-dealkylation sites (N-methyl/N-ethyl adjacent to an activating group) is 2. The summed E-state index contributed by atoms with van der Waals surface area (Å²) in [6.45, 7) is 2.96. The van der Waals surface area contributed by atoms with Gasteiger partial charge in [-0.05, 0) is 21.1 Å². The van der Waals surface area contributed by atoms with E-state index in [1.165, 1.54) is 0 Å². The fourth-order valence-corrected chi connectivity index (χ4v) is 0.913. The molecule has 0 rings (SSSR count). The third-order valence-electron chi connectivity index (χ3n) is 1.89. The van der Waals surface area contributed by atoms with E-state index in [0.717, 1.165) is 13.1 Å². The van der Waals surface area contributed by atoms with Crippen LogP contribution in [0, 0.1) is 11.3 Å². The fraction of sp³-hybridized carbons (Fsp3) is 0.800. The van der Waals surface area contributed by atoms with E-state index in [1.54, 1.807) is 6.07 Å². The van der Waals surface area contributed by atoms with E-state index in [9.17, 15) is 4.79 Å². The summed E-state index contributed by atoms with van der Waals surface area (Å²) in [5, 5.41) is 8.22. The standard InChI is InChI=1S/C10H19N3O2/c1-12(2)6-7-13(3)8-9-15-10(14)4-5-11/h4,6-9H2,1-3H3. The summed E-state index contributed by atoms with van der Waals surface area (Å²) >= 11 is 0. The molecule has 0 aliphatic rings. The molecular formula is C10H19N3O2. The third kappa shape index (κ3) is 9.19. The first kappa shape index (κ1) is 13.9. The predicted molar refractivity (Wildman–Crippen MR) is 57.2 cm³/mol. The van der Waals surface area contributed by atoms with E-state index in [1.807, 2.05) is 21.1 Å². The molecule has 0 spiro atoms. The van der Waals surface area contributed by atoms with Gasteiger partial charge in [0.1, 0.15) is 13.0 Å². The van der Waals surface area contributed by atoms with Crippen LogP contribution in [0.2, 0.25) is 0 Å². The van der Waals surface area contributed by atoms with Crippen molar-refractivity contribution < 1.29 is 9.53 Å². The smallest absolute Gasteiger partial charge is 0.320 e. The highest BCUT2D eigenvalue weighted by atomic mass is 16.5. The van der Waals surface area contributed by atoms with Crippen molar-refractivity contribution in [1.29, 1.82) is 5.26 Å². The maximum atomic E-state index is 10.8. The monoisotopic (exact) mass is 213 g/mol. The van der Waals surface area contributed by atoms with E-state index in [4.69, 9.17) is 10.00 Å². The number of rotatable bonds is 7. The van der Waals surface area contributed by atoms with Gasteiger partial charge in [0.2, 0.25) is 0 Å². The largest absolute Gasteiger partial charge is 0.464 e.